The van der Waals surface area contributed by atoms with Gasteiger partial charge in [0.1, 0.15) is 0 Å². The quantitative estimate of drug-likeness (QED) is 0.0606. The molecule has 0 amide bonds. The van der Waals surface area contributed by atoms with E-state index in [1.807, 2.05) is 0 Å². The van der Waals surface area contributed by atoms with E-state index in [0.29, 0.717) is 75.1 Å². The van der Waals surface area contributed by atoms with Crippen molar-refractivity contribution in [3.63, 3.8) is 0 Å². The topological polar surface area (TPSA) is 55.4 Å². The molecule has 6 aliphatic carbocycles. The van der Waals surface area contributed by atoms with Gasteiger partial charge in [-0.1, -0.05) is 504 Å². The summed E-state index contributed by atoms with van der Waals surface area (Å²) < 4.78 is 47.0. The van der Waals surface area contributed by atoms with Crippen LogP contribution in [0.2, 0.25) is 0 Å². The highest BCUT2D eigenvalue weighted by atomic mass is 16.6. The van der Waals surface area contributed by atoms with Crippen molar-refractivity contribution in [3.05, 3.63) is 0 Å². The van der Waals surface area contributed by atoms with Gasteiger partial charge >= 0.3 is 0 Å². The summed E-state index contributed by atoms with van der Waals surface area (Å²) in [6.45, 7) is 18.2. The molecular formula is C114H210O6. The second kappa shape index (κ2) is 71.9. The largest absolute Gasteiger partial charge is 0.486 e. The average molecular weight is 1680 g/mol. The van der Waals surface area contributed by atoms with E-state index in [1.54, 1.807) is 0 Å². The maximum atomic E-state index is 7.84. The highest BCUT2D eigenvalue weighted by Crippen LogP contribution is 2.60. The standard InChI is InChI=1S/C114H210O6/c1-7-13-19-25-31-37-43-49-55-61-97-67-79-103(80-68-97)91-115-109-110(116-92-104-81-69-98(70-82-104)62-56-50-44-38-32-26-20-14-8-2)112(118-94-106-85-73-100(74-86-106)64-58-52-46-40-34-28-22-16-10-4)114(120-96-108-89-77-102(78-90-108)66-60-54-48-42-36-30-24-18-12-6)113(119-95-107-87-75-101(76-88-107)65-59-53-47-41-35-29-23-17-11-5)111(109)117-93-105-83-71-99(72-84-105)63-57-51-45-39-33-27-21-15-9-3/h97-108H,7-96H2,1-6H3/t97-,98-,99-,100-,101-,102-,103-,104-,105-,106-,107-,108-. The molecule has 6 fully saturated rings. The molecule has 0 aliphatic heterocycles. The van der Waals surface area contributed by atoms with Gasteiger partial charge in [-0.2, -0.15) is 0 Å². The smallest absolute Gasteiger partial charge is 0.211 e. The Morgan fingerprint density at radius 3 is 0.325 bits per heavy atom. The number of hydrogen-bond acceptors (Lipinski definition) is 6. The van der Waals surface area contributed by atoms with Crippen LogP contribution in [0.25, 0.3) is 0 Å². The van der Waals surface area contributed by atoms with Gasteiger partial charge in [0.25, 0.3) is 0 Å². The fourth-order valence-electron chi connectivity index (χ4n) is 23.2. The summed E-state index contributed by atoms with van der Waals surface area (Å²) in [4.78, 5) is 0. The normalized spacial score (nSPS) is 23.6. The van der Waals surface area contributed by atoms with E-state index in [0.717, 1.165) is 70.0 Å². The number of hydrogen-bond donors (Lipinski definition) is 0. The minimum atomic E-state index is 0.504. The van der Waals surface area contributed by atoms with Crippen molar-refractivity contribution in [2.24, 2.45) is 71.0 Å². The van der Waals surface area contributed by atoms with Gasteiger partial charge in [-0.3, -0.25) is 0 Å². The predicted octanol–water partition coefficient (Wildman–Crippen LogP) is 38.3. The lowest BCUT2D eigenvalue weighted by atomic mass is 9.80. The van der Waals surface area contributed by atoms with E-state index in [4.69, 9.17) is 28.4 Å². The minimum absolute atomic E-state index is 0.504. The number of benzene rings is 1. The maximum Gasteiger partial charge on any atom is 0.211 e. The van der Waals surface area contributed by atoms with Crippen molar-refractivity contribution in [2.75, 3.05) is 39.6 Å². The molecule has 0 radical (unpaired) electrons. The molecule has 120 heavy (non-hydrogen) atoms. The monoisotopic (exact) mass is 1680 g/mol. The van der Waals surface area contributed by atoms with Crippen LogP contribution in [0, 0.1) is 71.0 Å². The number of unbranched alkanes of at least 4 members (excludes halogenated alkanes) is 48. The van der Waals surface area contributed by atoms with Gasteiger partial charge in [0.2, 0.25) is 34.5 Å². The van der Waals surface area contributed by atoms with E-state index in [-0.39, 0.29) is 0 Å². The molecule has 0 saturated heterocycles. The molecule has 7 rings (SSSR count). The average Bonchev–Trinajstić information content (AvgIpc) is 0.761. The summed E-state index contributed by atoms with van der Waals surface area (Å²) in [6.07, 6.45) is 116. The number of ether oxygens (including phenoxy) is 6. The van der Waals surface area contributed by atoms with Gasteiger partial charge in [-0.25, -0.2) is 0 Å². The highest BCUT2D eigenvalue weighted by molar-refractivity contribution is 5.74. The van der Waals surface area contributed by atoms with Gasteiger partial charge in [-0.15, -0.1) is 0 Å². The van der Waals surface area contributed by atoms with Gasteiger partial charge in [0, 0.05) is 0 Å². The molecule has 0 unspecified atom stereocenters. The molecular weight excluding hydrogens is 1470 g/mol. The van der Waals surface area contributed by atoms with Crippen LogP contribution < -0.4 is 28.4 Å². The van der Waals surface area contributed by atoms with Crippen LogP contribution >= 0.6 is 0 Å². The van der Waals surface area contributed by atoms with E-state index in [2.05, 4.69) is 41.5 Å². The molecule has 0 N–H and O–H groups in total. The van der Waals surface area contributed by atoms with Gasteiger partial charge in [0.15, 0.2) is 0 Å². The Balaban J connectivity index is 1.19. The molecule has 6 nitrogen and oxygen atoms in total. The zero-order chi connectivity index (χ0) is 84.3. The molecule has 1 aromatic carbocycles. The van der Waals surface area contributed by atoms with Crippen molar-refractivity contribution in [1.82, 2.24) is 0 Å². The second-order valence-corrected chi connectivity index (χ2v) is 42.9. The molecule has 1 aromatic rings. The third-order valence-corrected chi connectivity index (χ3v) is 32.1. The van der Waals surface area contributed by atoms with E-state index in [1.165, 1.54) is 539 Å². The zero-order valence-corrected chi connectivity index (χ0v) is 82.0. The molecule has 6 aliphatic rings. The lowest BCUT2D eigenvalue weighted by molar-refractivity contribution is 0.117. The Morgan fingerprint density at radius 2 is 0.217 bits per heavy atom. The van der Waals surface area contributed by atoms with Gasteiger partial charge < -0.3 is 28.4 Å². The van der Waals surface area contributed by atoms with Crippen LogP contribution in [0.1, 0.15) is 581 Å². The molecule has 6 saturated carbocycles. The first-order valence-electron chi connectivity index (χ1n) is 56.4. The molecule has 0 bridgehead atoms. The Hall–Kier alpha value is -1.98. The molecule has 6 heteroatoms. The van der Waals surface area contributed by atoms with Crippen LogP contribution in [0.15, 0.2) is 0 Å². The lowest BCUT2D eigenvalue weighted by Crippen LogP contribution is -2.25. The fourth-order valence-corrected chi connectivity index (χ4v) is 23.2. The minimum Gasteiger partial charge on any atom is -0.486 e. The van der Waals surface area contributed by atoms with Crippen molar-refractivity contribution >= 4 is 0 Å². The lowest BCUT2D eigenvalue weighted by Gasteiger charge is -2.34. The van der Waals surface area contributed by atoms with Crippen molar-refractivity contribution in [3.8, 4) is 34.5 Å². The first-order chi connectivity index (χ1) is 59.4. The SMILES string of the molecule is CCCCCCCCCCC[C@H]1CC[C@H](COc2c(OC[C@H]3CC[C@H](CCCCCCCCCCC)CC3)c(OC[C@H]3CC[C@H](CCCCCCCCCCC)CC3)c(OC[C@H]3CC[C@H](CCCCCCCCCCC)CC3)c(OC[C@H]3CC[C@H](CCCCCCCCCCC)CC3)c2OC[C@H]2CC[C@H](CCCCCCCCCCC)CC2)CC1. The molecule has 0 aromatic heterocycles. The first-order valence-corrected chi connectivity index (χ1v) is 56.4. The second-order valence-electron chi connectivity index (χ2n) is 42.9. The van der Waals surface area contributed by atoms with E-state index in [9.17, 15) is 0 Å². The summed E-state index contributed by atoms with van der Waals surface area (Å²) in [6, 6.07) is 0. The Labute approximate surface area is 749 Å². The van der Waals surface area contributed by atoms with Crippen LogP contribution in [-0.2, 0) is 0 Å². The molecule has 0 heterocycles. The third-order valence-electron chi connectivity index (χ3n) is 32.1. The Kier molecular flexibility index (Phi) is 63.0. The summed E-state index contributed by atoms with van der Waals surface area (Å²) in [5, 5.41) is 0. The van der Waals surface area contributed by atoms with E-state index < -0.39 is 0 Å². The number of rotatable bonds is 78. The summed E-state index contributed by atoms with van der Waals surface area (Å²) >= 11 is 0. The summed E-state index contributed by atoms with van der Waals surface area (Å²) in [7, 11) is 0. The summed E-state index contributed by atoms with van der Waals surface area (Å²) in [5.74, 6) is 12.9. The van der Waals surface area contributed by atoms with Crippen molar-refractivity contribution < 1.29 is 28.4 Å². The summed E-state index contributed by atoms with van der Waals surface area (Å²) in [5.41, 5.74) is 0. The molecule has 0 spiro atoms. The van der Waals surface area contributed by atoms with Crippen molar-refractivity contribution in [1.29, 1.82) is 0 Å². The van der Waals surface area contributed by atoms with Crippen LogP contribution in [0.3, 0.4) is 0 Å². The van der Waals surface area contributed by atoms with Gasteiger partial charge in [-0.05, 0) is 148 Å². The Bertz CT molecular complexity index is 1960. The van der Waals surface area contributed by atoms with Crippen LogP contribution in [0.4, 0.5) is 0 Å². The molecule has 0 atom stereocenters. The van der Waals surface area contributed by atoms with Crippen molar-refractivity contribution in [2.45, 2.75) is 581 Å². The third kappa shape index (κ3) is 48.4. The van der Waals surface area contributed by atoms with Crippen LogP contribution in [0.5, 0.6) is 34.5 Å². The predicted molar refractivity (Wildman–Crippen MR) is 523 cm³/mol. The first kappa shape index (κ1) is 105. The maximum absolute atomic E-state index is 7.84. The zero-order valence-electron chi connectivity index (χ0n) is 82.0. The fraction of sp³-hybridized carbons (Fsp3) is 0.947. The Morgan fingerprint density at radius 1 is 0.125 bits per heavy atom. The van der Waals surface area contributed by atoms with E-state index >= 15 is 0 Å². The van der Waals surface area contributed by atoms with Gasteiger partial charge in [0.05, 0.1) is 39.6 Å². The molecule has 702 valence electrons. The highest BCUT2D eigenvalue weighted by Gasteiger charge is 2.38. The van der Waals surface area contributed by atoms with Crippen LogP contribution in [-0.4, -0.2) is 39.6 Å².